The summed E-state index contributed by atoms with van der Waals surface area (Å²) >= 11 is 0. The van der Waals surface area contributed by atoms with Gasteiger partial charge in [0.15, 0.2) is 5.82 Å². The van der Waals surface area contributed by atoms with Crippen molar-refractivity contribution in [2.24, 2.45) is 12.2 Å². The van der Waals surface area contributed by atoms with E-state index in [1.54, 1.807) is 17.9 Å². The molecule has 0 aliphatic rings. The fraction of sp³-hybridized carbons (Fsp3) is 0.200. The minimum atomic E-state index is 0.406. The summed E-state index contributed by atoms with van der Waals surface area (Å²) < 4.78 is 9.50. The highest BCUT2D eigenvalue weighted by Crippen LogP contribution is 2.21. The molecule has 0 amide bonds. The number of aromatic nitrogens is 5. The minimum Gasteiger partial charge on any atom is -0.411 e. The van der Waals surface area contributed by atoms with Gasteiger partial charge in [-0.3, -0.25) is 9.25 Å². The van der Waals surface area contributed by atoms with Gasteiger partial charge in [0.2, 0.25) is 0 Å². The molecule has 0 bridgehead atoms. The summed E-state index contributed by atoms with van der Waals surface area (Å²) in [5.41, 5.74) is 5.27. The maximum absolute atomic E-state index is 8.96. The summed E-state index contributed by atoms with van der Waals surface area (Å²) in [5.74, 6) is 0.786. The molecule has 8 nitrogen and oxygen atoms in total. The van der Waals surface area contributed by atoms with Crippen LogP contribution in [0.1, 0.15) is 23.9 Å². The van der Waals surface area contributed by atoms with Crippen LogP contribution in [0.4, 0.5) is 0 Å². The van der Waals surface area contributed by atoms with Crippen molar-refractivity contribution < 1.29 is 9.94 Å². The van der Waals surface area contributed by atoms with Crippen molar-refractivity contribution in [2.75, 3.05) is 0 Å². The molecule has 8 heteroatoms. The molecular formula is C20H20N6O2. The van der Waals surface area contributed by atoms with Crippen molar-refractivity contribution in [3.63, 3.8) is 0 Å². The van der Waals surface area contributed by atoms with E-state index >= 15 is 0 Å². The SMILES string of the molecule is CC(=NO)c1ccc2c(c1)ncn2-c1cccc(COCc2ncnn2C)c1. The van der Waals surface area contributed by atoms with Gasteiger partial charge < -0.3 is 9.94 Å². The number of imidazole rings is 1. The maximum atomic E-state index is 8.96. The Bertz CT molecular complexity index is 1140. The predicted octanol–water partition coefficient (Wildman–Crippen LogP) is 3.07. The minimum absolute atomic E-state index is 0.406. The molecule has 0 aliphatic heterocycles. The monoisotopic (exact) mass is 376 g/mol. The molecule has 0 saturated heterocycles. The van der Waals surface area contributed by atoms with E-state index < -0.39 is 0 Å². The van der Waals surface area contributed by atoms with Crippen LogP contribution in [0.5, 0.6) is 0 Å². The van der Waals surface area contributed by atoms with Crippen molar-refractivity contribution in [3.8, 4) is 5.69 Å². The molecule has 0 unspecified atom stereocenters. The second-order valence-corrected chi connectivity index (χ2v) is 6.47. The molecule has 0 atom stereocenters. The van der Waals surface area contributed by atoms with Crippen LogP contribution < -0.4 is 0 Å². The van der Waals surface area contributed by atoms with Crippen molar-refractivity contribution >= 4 is 16.7 Å². The first-order valence-electron chi connectivity index (χ1n) is 8.82. The summed E-state index contributed by atoms with van der Waals surface area (Å²) in [7, 11) is 1.84. The maximum Gasteiger partial charge on any atom is 0.152 e. The Hall–Kier alpha value is -3.52. The molecule has 142 valence electrons. The molecule has 2 aromatic carbocycles. The van der Waals surface area contributed by atoms with E-state index in [2.05, 4.69) is 26.3 Å². The Morgan fingerprint density at radius 1 is 1.14 bits per heavy atom. The second kappa shape index (κ2) is 7.61. The van der Waals surface area contributed by atoms with Crippen LogP contribution in [0, 0.1) is 0 Å². The zero-order valence-corrected chi connectivity index (χ0v) is 15.6. The van der Waals surface area contributed by atoms with Gasteiger partial charge in [0.1, 0.15) is 19.3 Å². The van der Waals surface area contributed by atoms with Crippen molar-refractivity contribution in [1.82, 2.24) is 24.3 Å². The summed E-state index contributed by atoms with van der Waals surface area (Å²) in [4.78, 5) is 8.64. The lowest BCUT2D eigenvalue weighted by Gasteiger charge is -2.08. The first kappa shape index (κ1) is 17.9. The molecule has 0 spiro atoms. The van der Waals surface area contributed by atoms with Gasteiger partial charge in [-0.1, -0.05) is 23.4 Å². The average molecular weight is 376 g/mol. The van der Waals surface area contributed by atoms with Crippen LogP contribution in [0.2, 0.25) is 0 Å². The standard InChI is InChI=1S/C20H20N6O2/c1-14(24-27)16-6-7-19-18(9-16)22-13-26(19)17-5-3-4-15(8-17)10-28-11-20-21-12-23-25(20)2/h3-9,12-13,27H,10-11H2,1-2H3. The quantitative estimate of drug-likeness (QED) is 0.317. The van der Waals surface area contributed by atoms with Crippen LogP contribution in [-0.2, 0) is 25.0 Å². The van der Waals surface area contributed by atoms with Gasteiger partial charge in [0.25, 0.3) is 0 Å². The van der Waals surface area contributed by atoms with Gasteiger partial charge in [-0.05, 0) is 36.8 Å². The van der Waals surface area contributed by atoms with E-state index in [1.165, 1.54) is 6.33 Å². The molecule has 0 fully saturated rings. The number of fused-ring (bicyclic) bond motifs is 1. The van der Waals surface area contributed by atoms with Gasteiger partial charge >= 0.3 is 0 Å². The summed E-state index contributed by atoms with van der Waals surface area (Å²) in [6, 6.07) is 13.9. The van der Waals surface area contributed by atoms with E-state index in [-0.39, 0.29) is 0 Å². The third-order valence-electron chi connectivity index (χ3n) is 4.61. The van der Waals surface area contributed by atoms with Crippen LogP contribution in [0.3, 0.4) is 0 Å². The number of ether oxygens (including phenoxy) is 1. The number of hydrogen-bond donors (Lipinski definition) is 1. The molecule has 2 heterocycles. The number of nitrogens with zero attached hydrogens (tertiary/aromatic N) is 6. The highest BCUT2D eigenvalue weighted by atomic mass is 16.5. The van der Waals surface area contributed by atoms with Crippen molar-refractivity contribution in [3.05, 3.63) is 72.1 Å². The van der Waals surface area contributed by atoms with E-state index in [4.69, 9.17) is 9.94 Å². The predicted molar refractivity (Wildman–Crippen MR) is 105 cm³/mol. The lowest BCUT2D eigenvalue weighted by atomic mass is 10.1. The van der Waals surface area contributed by atoms with Gasteiger partial charge in [0, 0.05) is 18.3 Å². The van der Waals surface area contributed by atoms with E-state index in [0.717, 1.165) is 33.7 Å². The van der Waals surface area contributed by atoms with Gasteiger partial charge in [-0.2, -0.15) is 5.10 Å². The molecule has 4 aromatic rings. The van der Waals surface area contributed by atoms with E-state index in [9.17, 15) is 0 Å². The molecule has 0 saturated carbocycles. The fourth-order valence-electron chi connectivity index (χ4n) is 3.01. The smallest absolute Gasteiger partial charge is 0.152 e. The van der Waals surface area contributed by atoms with Gasteiger partial charge in [0.05, 0.1) is 23.4 Å². The molecule has 28 heavy (non-hydrogen) atoms. The Kier molecular flexibility index (Phi) is 4.86. The first-order valence-corrected chi connectivity index (χ1v) is 8.82. The van der Waals surface area contributed by atoms with E-state index in [1.807, 2.05) is 48.0 Å². The molecular weight excluding hydrogens is 356 g/mol. The Labute approximate surface area is 161 Å². The highest BCUT2D eigenvalue weighted by Gasteiger charge is 2.08. The molecule has 2 aromatic heterocycles. The fourth-order valence-corrected chi connectivity index (χ4v) is 3.01. The third kappa shape index (κ3) is 3.49. The van der Waals surface area contributed by atoms with E-state index in [0.29, 0.717) is 18.9 Å². The van der Waals surface area contributed by atoms with Crippen molar-refractivity contribution in [2.45, 2.75) is 20.1 Å². The molecule has 0 aliphatic carbocycles. The number of oxime groups is 1. The topological polar surface area (TPSA) is 90.3 Å². The van der Waals surface area contributed by atoms with Gasteiger partial charge in [-0.15, -0.1) is 0 Å². The molecule has 1 N–H and O–H groups in total. The summed E-state index contributed by atoms with van der Waals surface area (Å²) in [5, 5.41) is 16.3. The summed E-state index contributed by atoms with van der Waals surface area (Å²) in [6.07, 6.45) is 3.31. The van der Waals surface area contributed by atoms with Gasteiger partial charge in [-0.25, -0.2) is 9.97 Å². The second-order valence-electron chi connectivity index (χ2n) is 6.47. The number of aryl methyl sites for hydroxylation is 1. The highest BCUT2D eigenvalue weighted by molar-refractivity contribution is 6.00. The van der Waals surface area contributed by atoms with Crippen molar-refractivity contribution in [1.29, 1.82) is 0 Å². The number of rotatable bonds is 6. The van der Waals surface area contributed by atoms with Crippen LogP contribution in [-0.4, -0.2) is 35.2 Å². The lowest BCUT2D eigenvalue weighted by Crippen LogP contribution is -2.03. The zero-order chi connectivity index (χ0) is 19.5. The zero-order valence-electron chi connectivity index (χ0n) is 15.6. The third-order valence-corrected chi connectivity index (χ3v) is 4.61. The van der Waals surface area contributed by atoms with Crippen LogP contribution in [0.15, 0.2) is 60.3 Å². The van der Waals surface area contributed by atoms with Crippen LogP contribution in [0.25, 0.3) is 16.7 Å². The lowest BCUT2D eigenvalue weighted by molar-refractivity contribution is 0.0993. The number of hydrogen-bond acceptors (Lipinski definition) is 6. The summed E-state index contributed by atoms with van der Waals surface area (Å²) in [6.45, 7) is 2.63. The normalized spacial score (nSPS) is 12.0. The number of benzene rings is 2. The van der Waals surface area contributed by atoms with Crippen LogP contribution >= 0.6 is 0 Å². The molecule has 4 rings (SSSR count). The first-order chi connectivity index (χ1) is 13.7. The average Bonchev–Trinajstić information content (AvgIpc) is 3.33. The largest absolute Gasteiger partial charge is 0.411 e. The Morgan fingerprint density at radius 3 is 2.82 bits per heavy atom. The Balaban J connectivity index is 1.54. The molecule has 0 radical (unpaired) electrons. The Morgan fingerprint density at radius 2 is 2.04 bits per heavy atom.